The molecule has 160 valence electrons. The van der Waals surface area contributed by atoms with Crippen molar-refractivity contribution in [3.8, 4) is 5.75 Å². The van der Waals surface area contributed by atoms with Crippen molar-refractivity contribution in [2.75, 3.05) is 23.5 Å². The minimum atomic E-state index is -3.71. The van der Waals surface area contributed by atoms with E-state index in [1.54, 1.807) is 18.2 Å². The van der Waals surface area contributed by atoms with Crippen molar-refractivity contribution in [1.82, 2.24) is 0 Å². The molecule has 0 unspecified atom stereocenters. The fourth-order valence-electron chi connectivity index (χ4n) is 2.94. The number of hydrogen-bond acceptors (Lipinski definition) is 6. The van der Waals surface area contributed by atoms with Crippen LogP contribution >= 0.6 is 23.4 Å². The summed E-state index contributed by atoms with van der Waals surface area (Å²) in [5, 5.41) is 5.81. The maximum atomic E-state index is 12.7. The molecule has 1 heterocycles. The second-order valence-corrected chi connectivity index (χ2v) is 10.8. The first-order chi connectivity index (χ1) is 14.2. The zero-order valence-electron chi connectivity index (χ0n) is 16.4. The summed E-state index contributed by atoms with van der Waals surface area (Å²) in [6.07, 6.45) is 0.137. The standard InChI is InChI=1S/C20H21ClN2O5S2/c1-12-9-20(25)23-16-11-14(4-6-18(16)29-12)30(26,27)8-7-19(24)22-13-3-5-17(28-2)15(21)10-13/h3-6,10-12H,7-9H2,1-2H3,(H,22,24)(H,23,25)/t12-/m0/s1. The summed E-state index contributed by atoms with van der Waals surface area (Å²) in [5.74, 6) is -0.493. The van der Waals surface area contributed by atoms with Gasteiger partial charge in [-0.1, -0.05) is 18.5 Å². The third-order valence-corrected chi connectivity index (χ3v) is 7.61. The SMILES string of the molecule is COc1ccc(NC(=O)CCS(=O)(=O)c2ccc3c(c2)NC(=O)C[C@H](C)S3)cc1Cl. The highest BCUT2D eigenvalue weighted by atomic mass is 35.5. The molecule has 2 aromatic rings. The second kappa shape index (κ2) is 9.28. The van der Waals surface area contributed by atoms with Crippen LogP contribution in [0, 0.1) is 0 Å². The molecule has 0 radical (unpaired) electrons. The summed E-state index contributed by atoms with van der Waals surface area (Å²) in [7, 11) is -2.23. The lowest BCUT2D eigenvalue weighted by Crippen LogP contribution is -2.18. The Morgan fingerprint density at radius 3 is 2.77 bits per heavy atom. The van der Waals surface area contributed by atoms with E-state index < -0.39 is 15.7 Å². The van der Waals surface area contributed by atoms with Crippen LogP contribution in [0.2, 0.25) is 5.02 Å². The van der Waals surface area contributed by atoms with E-state index in [0.717, 1.165) is 4.90 Å². The van der Waals surface area contributed by atoms with Gasteiger partial charge in [-0.05, 0) is 36.4 Å². The maximum Gasteiger partial charge on any atom is 0.225 e. The number of amides is 2. The van der Waals surface area contributed by atoms with Gasteiger partial charge in [-0.2, -0.15) is 0 Å². The largest absolute Gasteiger partial charge is 0.495 e. The third kappa shape index (κ3) is 5.47. The first-order valence-corrected chi connectivity index (χ1v) is 12.1. The van der Waals surface area contributed by atoms with Gasteiger partial charge in [0.1, 0.15) is 5.75 Å². The van der Waals surface area contributed by atoms with Crippen LogP contribution in [0.5, 0.6) is 5.75 Å². The molecule has 0 aliphatic carbocycles. The Hall–Kier alpha value is -2.23. The highest BCUT2D eigenvalue weighted by molar-refractivity contribution is 8.00. The Bertz CT molecular complexity index is 1090. The van der Waals surface area contributed by atoms with Gasteiger partial charge in [0.25, 0.3) is 0 Å². The number of nitrogens with one attached hydrogen (secondary N) is 2. The molecular formula is C20H21ClN2O5S2. The van der Waals surface area contributed by atoms with E-state index in [1.165, 1.54) is 37.1 Å². The number of carbonyl (C=O) groups is 2. The zero-order chi connectivity index (χ0) is 21.9. The Morgan fingerprint density at radius 2 is 2.07 bits per heavy atom. The van der Waals surface area contributed by atoms with Crippen molar-refractivity contribution in [2.45, 2.75) is 34.8 Å². The number of methoxy groups -OCH3 is 1. The average molecular weight is 469 g/mol. The molecule has 0 aromatic heterocycles. The molecule has 1 aliphatic rings. The molecule has 1 aliphatic heterocycles. The topological polar surface area (TPSA) is 102 Å². The van der Waals surface area contributed by atoms with E-state index in [-0.39, 0.29) is 28.2 Å². The van der Waals surface area contributed by atoms with Crippen LogP contribution in [-0.4, -0.2) is 38.3 Å². The van der Waals surface area contributed by atoms with Crippen molar-refractivity contribution in [3.63, 3.8) is 0 Å². The van der Waals surface area contributed by atoms with Crippen LogP contribution in [0.4, 0.5) is 11.4 Å². The van der Waals surface area contributed by atoms with Crippen LogP contribution in [0.15, 0.2) is 46.2 Å². The molecule has 2 amide bonds. The van der Waals surface area contributed by atoms with Crippen LogP contribution < -0.4 is 15.4 Å². The molecule has 7 nitrogen and oxygen atoms in total. The molecule has 3 rings (SSSR count). The molecular weight excluding hydrogens is 448 g/mol. The molecule has 10 heteroatoms. The fourth-order valence-corrected chi connectivity index (χ4v) is 5.51. The van der Waals surface area contributed by atoms with Gasteiger partial charge in [0.05, 0.1) is 28.5 Å². The summed E-state index contributed by atoms with van der Waals surface area (Å²) in [6.45, 7) is 1.94. The normalized spacial score (nSPS) is 16.2. The van der Waals surface area contributed by atoms with Gasteiger partial charge in [0.2, 0.25) is 11.8 Å². The molecule has 0 saturated carbocycles. The van der Waals surface area contributed by atoms with E-state index in [9.17, 15) is 18.0 Å². The van der Waals surface area contributed by atoms with E-state index in [1.807, 2.05) is 6.92 Å². The second-order valence-electron chi connectivity index (χ2n) is 6.81. The van der Waals surface area contributed by atoms with Crippen molar-refractivity contribution < 1.29 is 22.7 Å². The van der Waals surface area contributed by atoms with Crippen LogP contribution in [0.3, 0.4) is 0 Å². The fraction of sp³-hybridized carbons (Fsp3) is 0.300. The molecule has 1 atom stereocenters. The zero-order valence-corrected chi connectivity index (χ0v) is 18.8. The molecule has 0 saturated heterocycles. The third-order valence-electron chi connectivity index (χ3n) is 4.42. The highest BCUT2D eigenvalue weighted by Crippen LogP contribution is 2.36. The number of halogens is 1. The van der Waals surface area contributed by atoms with Crippen molar-refractivity contribution in [3.05, 3.63) is 41.4 Å². The molecule has 0 fully saturated rings. The number of thioether (sulfide) groups is 1. The Kier molecular flexibility index (Phi) is 6.95. The molecule has 0 spiro atoms. The van der Waals surface area contributed by atoms with Crippen LogP contribution in [0.1, 0.15) is 19.8 Å². The quantitative estimate of drug-likeness (QED) is 0.665. The predicted molar refractivity (Wildman–Crippen MR) is 118 cm³/mol. The number of ether oxygens (including phenoxy) is 1. The van der Waals surface area contributed by atoms with E-state index in [2.05, 4.69) is 10.6 Å². The number of benzene rings is 2. The lowest BCUT2D eigenvalue weighted by Gasteiger charge is -2.11. The van der Waals surface area contributed by atoms with Crippen molar-refractivity contribution in [1.29, 1.82) is 0 Å². The van der Waals surface area contributed by atoms with Gasteiger partial charge in [0.15, 0.2) is 9.84 Å². The summed E-state index contributed by atoms with van der Waals surface area (Å²) in [5.41, 5.74) is 0.926. The predicted octanol–water partition coefficient (Wildman–Crippen LogP) is 3.97. The minimum absolute atomic E-state index is 0.0667. The first-order valence-electron chi connectivity index (χ1n) is 9.14. The van der Waals surface area contributed by atoms with E-state index in [0.29, 0.717) is 28.6 Å². The molecule has 30 heavy (non-hydrogen) atoms. The van der Waals surface area contributed by atoms with Crippen LogP contribution in [0.25, 0.3) is 0 Å². The van der Waals surface area contributed by atoms with E-state index >= 15 is 0 Å². The lowest BCUT2D eigenvalue weighted by molar-refractivity contribution is -0.116. The van der Waals surface area contributed by atoms with Gasteiger partial charge < -0.3 is 15.4 Å². The maximum absolute atomic E-state index is 12.7. The van der Waals surface area contributed by atoms with Crippen molar-refractivity contribution in [2.24, 2.45) is 0 Å². The summed E-state index contributed by atoms with van der Waals surface area (Å²) >= 11 is 7.54. The van der Waals surface area contributed by atoms with Gasteiger partial charge >= 0.3 is 0 Å². The average Bonchev–Trinajstić information content (AvgIpc) is 2.82. The Morgan fingerprint density at radius 1 is 1.30 bits per heavy atom. The molecule has 2 N–H and O–H groups in total. The summed E-state index contributed by atoms with van der Waals surface area (Å²) in [4.78, 5) is 25.0. The number of hydrogen-bond donors (Lipinski definition) is 2. The van der Waals surface area contributed by atoms with Gasteiger partial charge in [0, 0.05) is 28.7 Å². The summed E-state index contributed by atoms with van der Waals surface area (Å²) in [6, 6.07) is 9.40. The highest BCUT2D eigenvalue weighted by Gasteiger charge is 2.23. The number of rotatable bonds is 6. The molecule has 0 bridgehead atoms. The summed E-state index contributed by atoms with van der Waals surface area (Å²) < 4.78 is 30.5. The van der Waals surface area contributed by atoms with Crippen molar-refractivity contribution >= 4 is 56.4 Å². The number of anilines is 2. The molecule has 2 aromatic carbocycles. The number of sulfone groups is 1. The Labute approximate surface area is 184 Å². The smallest absolute Gasteiger partial charge is 0.225 e. The Balaban J connectivity index is 1.67. The lowest BCUT2D eigenvalue weighted by atomic mass is 10.3. The van der Waals surface area contributed by atoms with Gasteiger partial charge in [-0.15, -0.1) is 11.8 Å². The monoisotopic (exact) mass is 468 g/mol. The van der Waals surface area contributed by atoms with Crippen LogP contribution in [-0.2, 0) is 19.4 Å². The van der Waals surface area contributed by atoms with E-state index in [4.69, 9.17) is 16.3 Å². The minimum Gasteiger partial charge on any atom is -0.495 e. The number of carbonyl (C=O) groups excluding carboxylic acids is 2. The first kappa shape index (κ1) is 22.5. The van der Waals surface area contributed by atoms with Gasteiger partial charge in [-0.3, -0.25) is 9.59 Å². The number of fused-ring (bicyclic) bond motifs is 1. The van der Waals surface area contributed by atoms with Gasteiger partial charge in [-0.25, -0.2) is 8.42 Å².